The average Bonchev–Trinajstić information content (AvgIpc) is 2.58. The lowest BCUT2D eigenvalue weighted by Crippen LogP contribution is -2.49. The Balaban J connectivity index is 1.99. The number of rotatable bonds is 2. The number of carbonyl (C=O) groups excluding carboxylic acids is 2. The average molecular weight is 364 g/mol. The number of nitrogens with zero attached hydrogens (tertiary/aromatic N) is 1. The molecule has 1 aliphatic rings. The van der Waals surface area contributed by atoms with Crippen LogP contribution in [-0.4, -0.2) is 29.9 Å². The smallest absolute Gasteiger partial charge is 0.328 e. The molecule has 0 saturated carbocycles. The molecule has 4 nitrogen and oxygen atoms in total. The van der Waals surface area contributed by atoms with Gasteiger partial charge in [-0.3, -0.25) is 4.79 Å². The molecule has 0 N–H and O–H groups in total. The standard InChI is InChI=1S/C18H15Cl2NO3/c1-24-18(23)16-8-11-4-2-3-5-12(11)10-21(16)17(22)13-6-14(19)9-15(20)7-13/h2-7,9,16H,8,10H2,1H3. The van der Waals surface area contributed by atoms with Gasteiger partial charge in [0.25, 0.3) is 5.91 Å². The van der Waals surface area contributed by atoms with Gasteiger partial charge in [-0.1, -0.05) is 47.5 Å². The third kappa shape index (κ3) is 3.25. The van der Waals surface area contributed by atoms with Crippen molar-refractivity contribution in [1.29, 1.82) is 0 Å². The number of ether oxygens (including phenoxy) is 1. The van der Waals surface area contributed by atoms with Crippen molar-refractivity contribution in [1.82, 2.24) is 4.90 Å². The molecular formula is C18H15Cl2NO3. The van der Waals surface area contributed by atoms with Crippen LogP contribution >= 0.6 is 23.2 Å². The summed E-state index contributed by atoms with van der Waals surface area (Å²) in [5.41, 5.74) is 2.40. The van der Waals surface area contributed by atoms with Crippen LogP contribution < -0.4 is 0 Å². The summed E-state index contributed by atoms with van der Waals surface area (Å²) in [6, 6.07) is 11.7. The maximum absolute atomic E-state index is 12.9. The molecule has 0 bridgehead atoms. The maximum Gasteiger partial charge on any atom is 0.328 e. The van der Waals surface area contributed by atoms with Crippen LogP contribution in [0.15, 0.2) is 42.5 Å². The van der Waals surface area contributed by atoms with E-state index in [0.29, 0.717) is 28.6 Å². The van der Waals surface area contributed by atoms with E-state index in [1.165, 1.54) is 12.0 Å². The Bertz CT molecular complexity index is 786. The number of halogens is 2. The van der Waals surface area contributed by atoms with Crippen molar-refractivity contribution >= 4 is 35.1 Å². The van der Waals surface area contributed by atoms with Crippen molar-refractivity contribution in [3.63, 3.8) is 0 Å². The second kappa shape index (κ2) is 6.83. The first-order valence-electron chi connectivity index (χ1n) is 7.41. The number of carbonyl (C=O) groups is 2. The molecule has 0 aromatic heterocycles. The molecule has 1 aliphatic heterocycles. The monoisotopic (exact) mass is 363 g/mol. The molecule has 2 aromatic carbocycles. The first-order valence-corrected chi connectivity index (χ1v) is 8.17. The predicted octanol–water partition coefficient (Wildman–Crippen LogP) is 3.73. The number of fused-ring (bicyclic) bond motifs is 1. The lowest BCUT2D eigenvalue weighted by molar-refractivity contribution is -0.146. The second-order valence-corrected chi connectivity index (χ2v) is 6.48. The van der Waals surface area contributed by atoms with Gasteiger partial charge in [0, 0.05) is 28.6 Å². The highest BCUT2D eigenvalue weighted by molar-refractivity contribution is 6.35. The van der Waals surface area contributed by atoms with Gasteiger partial charge in [-0.2, -0.15) is 0 Å². The summed E-state index contributed by atoms with van der Waals surface area (Å²) in [5.74, 6) is -0.740. The fourth-order valence-electron chi connectivity index (χ4n) is 2.93. The van der Waals surface area contributed by atoms with Crippen LogP contribution in [0.2, 0.25) is 10.0 Å². The van der Waals surface area contributed by atoms with Gasteiger partial charge in [-0.15, -0.1) is 0 Å². The Morgan fingerprint density at radius 1 is 1.08 bits per heavy atom. The minimum absolute atomic E-state index is 0.302. The van der Waals surface area contributed by atoms with Crippen molar-refractivity contribution in [2.24, 2.45) is 0 Å². The van der Waals surface area contributed by atoms with Gasteiger partial charge in [0.1, 0.15) is 6.04 Å². The van der Waals surface area contributed by atoms with E-state index in [1.807, 2.05) is 24.3 Å². The molecule has 6 heteroatoms. The number of amides is 1. The normalized spacial score (nSPS) is 16.5. The van der Waals surface area contributed by atoms with Gasteiger partial charge in [-0.05, 0) is 29.3 Å². The SMILES string of the molecule is COC(=O)C1Cc2ccccc2CN1C(=O)c1cc(Cl)cc(Cl)c1. The lowest BCUT2D eigenvalue weighted by Gasteiger charge is -2.35. The molecule has 0 spiro atoms. The minimum atomic E-state index is -0.671. The summed E-state index contributed by atoms with van der Waals surface area (Å²) in [6.45, 7) is 0.332. The highest BCUT2D eigenvalue weighted by atomic mass is 35.5. The summed E-state index contributed by atoms with van der Waals surface area (Å²) in [5, 5.41) is 0.746. The Kier molecular flexibility index (Phi) is 4.78. The van der Waals surface area contributed by atoms with Crippen molar-refractivity contribution < 1.29 is 14.3 Å². The topological polar surface area (TPSA) is 46.6 Å². The number of hydrogen-bond donors (Lipinski definition) is 0. The van der Waals surface area contributed by atoms with E-state index in [1.54, 1.807) is 18.2 Å². The maximum atomic E-state index is 12.9. The van der Waals surface area contributed by atoms with E-state index in [-0.39, 0.29) is 5.91 Å². The lowest BCUT2D eigenvalue weighted by atomic mass is 9.93. The number of benzene rings is 2. The number of hydrogen-bond acceptors (Lipinski definition) is 3. The van der Waals surface area contributed by atoms with Crippen molar-refractivity contribution in [3.8, 4) is 0 Å². The van der Waals surface area contributed by atoms with Crippen LogP contribution in [0.4, 0.5) is 0 Å². The quantitative estimate of drug-likeness (QED) is 0.763. The summed E-state index contributed by atoms with van der Waals surface area (Å²) in [4.78, 5) is 26.6. The Labute approximate surface area is 149 Å². The van der Waals surface area contributed by atoms with E-state index >= 15 is 0 Å². The van der Waals surface area contributed by atoms with Gasteiger partial charge in [0.15, 0.2) is 0 Å². The first-order chi connectivity index (χ1) is 11.5. The van der Waals surface area contributed by atoms with Gasteiger partial charge in [0.05, 0.1) is 7.11 Å². The molecule has 24 heavy (non-hydrogen) atoms. The second-order valence-electron chi connectivity index (χ2n) is 5.60. The van der Waals surface area contributed by atoms with Crippen LogP contribution in [0.25, 0.3) is 0 Å². The van der Waals surface area contributed by atoms with E-state index in [4.69, 9.17) is 27.9 Å². The van der Waals surface area contributed by atoms with E-state index < -0.39 is 12.0 Å². The van der Waals surface area contributed by atoms with Crippen molar-refractivity contribution in [2.75, 3.05) is 7.11 Å². The summed E-state index contributed by atoms with van der Waals surface area (Å²) in [7, 11) is 1.32. The predicted molar refractivity (Wildman–Crippen MR) is 92.3 cm³/mol. The van der Waals surface area contributed by atoms with Crippen LogP contribution in [0.1, 0.15) is 21.5 Å². The molecule has 0 aliphatic carbocycles. The molecule has 0 fully saturated rings. The molecule has 0 radical (unpaired) electrons. The highest BCUT2D eigenvalue weighted by Crippen LogP contribution is 2.27. The van der Waals surface area contributed by atoms with E-state index in [0.717, 1.165) is 11.1 Å². The van der Waals surface area contributed by atoms with E-state index in [2.05, 4.69) is 0 Å². The third-order valence-electron chi connectivity index (χ3n) is 4.09. The Hall–Kier alpha value is -2.04. The fraction of sp³-hybridized carbons (Fsp3) is 0.222. The molecule has 3 rings (SSSR count). The first kappa shape index (κ1) is 16.8. The molecule has 124 valence electrons. The third-order valence-corrected chi connectivity index (χ3v) is 4.53. The van der Waals surface area contributed by atoms with Gasteiger partial charge < -0.3 is 9.64 Å². The van der Waals surface area contributed by atoms with Crippen LogP contribution in [-0.2, 0) is 22.5 Å². The molecular weight excluding hydrogens is 349 g/mol. The summed E-state index contributed by atoms with van der Waals surface area (Å²) >= 11 is 12.0. The molecule has 1 amide bonds. The Morgan fingerprint density at radius 2 is 1.71 bits per heavy atom. The minimum Gasteiger partial charge on any atom is -0.467 e. The zero-order valence-corrected chi connectivity index (χ0v) is 14.5. The van der Waals surface area contributed by atoms with Crippen LogP contribution in [0, 0.1) is 0 Å². The molecule has 2 aromatic rings. The van der Waals surface area contributed by atoms with Gasteiger partial charge in [-0.25, -0.2) is 4.79 Å². The zero-order chi connectivity index (χ0) is 17.3. The van der Waals surface area contributed by atoms with Gasteiger partial charge in [0.2, 0.25) is 0 Å². The summed E-state index contributed by atoms with van der Waals surface area (Å²) < 4.78 is 4.88. The zero-order valence-electron chi connectivity index (χ0n) is 13.0. The fourth-order valence-corrected chi connectivity index (χ4v) is 3.45. The largest absolute Gasteiger partial charge is 0.467 e. The number of methoxy groups -OCH3 is 1. The summed E-state index contributed by atoms with van der Waals surface area (Å²) in [6.07, 6.45) is 0.420. The Morgan fingerprint density at radius 3 is 2.33 bits per heavy atom. The van der Waals surface area contributed by atoms with E-state index in [9.17, 15) is 9.59 Å². The van der Waals surface area contributed by atoms with Crippen LogP contribution in [0.5, 0.6) is 0 Å². The molecule has 0 saturated heterocycles. The highest BCUT2D eigenvalue weighted by Gasteiger charge is 2.35. The molecule has 1 heterocycles. The van der Waals surface area contributed by atoms with Gasteiger partial charge >= 0.3 is 5.97 Å². The molecule has 1 atom stereocenters. The van der Waals surface area contributed by atoms with Crippen LogP contribution in [0.3, 0.4) is 0 Å². The van der Waals surface area contributed by atoms with Crippen molar-refractivity contribution in [3.05, 3.63) is 69.2 Å². The number of esters is 1. The van der Waals surface area contributed by atoms with Crippen molar-refractivity contribution in [2.45, 2.75) is 19.0 Å². The molecule has 1 unspecified atom stereocenters.